The molecule has 0 amide bonds. The van der Waals surface area contributed by atoms with E-state index >= 15 is 0 Å². The van der Waals surface area contributed by atoms with E-state index in [0.29, 0.717) is 6.04 Å². The lowest BCUT2D eigenvalue weighted by Gasteiger charge is -2.49. The average Bonchev–Trinajstić information content (AvgIpc) is 3.39. The molecule has 3 aliphatic rings. The van der Waals surface area contributed by atoms with Crippen LogP contribution in [0.25, 0.3) is 0 Å². The van der Waals surface area contributed by atoms with Gasteiger partial charge in [0.2, 0.25) is 0 Å². The molecule has 3 fully saturated rings. The van der Waals surface area contributed by atoms with Crippen molar-refractivity contribution in [3.05, 3.63) is 0 Å². The maximum Gasteiger partial charge on any atom is 0.191 e. The highest BCUT2D eigenvalue weighted by molar-refractivity contribution is 14.0. The molecule has 134 valence electrons. The Hall–Kier alpha value is -0.0800. The van der Waals surface area contributed by atoms with Gasteiger partial charge in [-0.2, -0.15) is 0 Å². The molecule has 1 saturated carbocycles. The van der Waals surface area contributed by atoms with Crippen LogP contribution in [0, 0.1) is 0 Å². The van der Waals surface area contributed by atoms with Crippen LogP contribution in [0.5, 0.6) is 0 Å². The first kappa shape index (κ1) is 19.2. The van der Waals surface area contributed by atoms with E-state index in [9.17, 15) is 0 Å². The first-order chi connectivity index (χ1) is 10.6. The fraction of sp³-hybridized carbons (Fsp3) is 0.941. The van der Waals surface area contributed by atoms with Crippen molar-refractivity contribution in [3.63, 3.8) is 0 Å². The quantitative estimate of drug-likeness (QED) is 0.417. The fourth-order valence-electron chi connectivity index (χ4n) is 3.97. The molecule has 0 bridgehead atoms. The number of rotatable bonds is 4. The van der Waals surface area contributed by atoms with Crippen LogP contribution in [0.3, 0.4) is 0 Å². The van der Waals surface area contributed by atoms with Crippen LogP contribution in [0.2, 0.25) is 0 Å². The average molecular weight is 435 g/mol. The Bertz CT molecular complexity index is 396. The minimum Gasteiger partial charge on any atom is -0.370 e. The third kappa shape index (κ3) is 4.72. The van der Waals surface area contributed by atoms with Gasteiger partial charge < -0.3 is 15.5 Å². The van der Waals surface area contributed by atoms with Gasteiger partial charge in [0.05, 0.1) is 6.54 Å². The largest absolute Gasteiger partial charge is 0.370 e. The van der Waals surface area contributed by atoms with E-state index in [1.165, 1.54) is 71.1 Å². The molecule has 0 aromatic carbocycles. The van der Waals surface area contributed by atoms with E-state index in [0.717, 1.165) is 12.5 Å². The SMILES string of the molecule is CN1CCC(CN=C(N)N(C)C2CC2)(N2CCCCC2)CC1.I. The number of hydrogen-bond donors (Lipinski definition) is 1. The van der Waals surface area contributed by atoms with Crippen LogP contribution in [-0.2, 0) is 0 Å². The number of hydrogen-bond acceptors (Lipinski definition) is 3. The molecule has 3 rings (SSSR count). The molecule has 0 radical (unpaired) electrons. The zero-order chi connectivity index (χ0) is 15.6. The topological polar surface area (TPSA) is 48.1 Å². The van der Waals surface area contributed by atoms with E-state index < -0.39 is 0 Å². The van der Waals surface area contributed by atoms with Crippen molar-refractivity contribution in [1.82, 2.24) is 14.7 Å². The molecule has 0 atom stereocenters. The van der Waals surface area contributed by atoms with Gasteiger partial charge in [-0.1, -0.05) is 6.42 Å². The van der Waals surface area contributed by atoms with Crippen molar-refractivity contribution < 1.29 is 0 Å². The number of piperidine rings is 2. The van der Waals surface area contributed by atoms with Gasteiger partial charge in [-0.3, -0.25) is 9.89 Å². The van der Waals surface area contributed by atoms with E-state index in [4.69, 9.17) is 10.7 Å². The Morgan fingerprint density at radius 1 is 1.13 bits per heavy atom. The second-order valence-corrected chi connectivity index (χ2v) is 7.59. The lowest BCUT2D eigenvalue weighted by Crippen LogP contribution is -2.58. The van der Waals surface area contributed by atoms with Crippen LogP contribution in [0.1, 0.15) is 44.9 Å². The molecule has 2 saturated heterocycles. The normalized spacial score (nSPS) is 26.6. The number of guanidine groups is 1. The lowest BCUT2D eigenvalue weighted by atomic mass is 9.84. The van der Waals surface area contributed by atoms with Gasteiger partial charge in [0, 0.05) is 18.6 Å². The van der Waals surface area contributed by atoms with Gasteiger partial charge in [0.1, 0.15) is 0 Å². The Morgan fingerprint density at radius 2 is 1.74 bits per heavy atom. The van der Waals surface area contributed by atoms with Crippen molar-refractivity contribution in [2.24, 2.45) is 10.7 Å². The smallest absolute Gasteiger partial charge is 0.191 e. The summed E-state index contributed by atoms with van der Waals surface area (Å²) in [6, 6.07) is 0.646. The minimum absolute atomic E-state index is 0. The molecule has 23 heavy (non-hydrogen) atoms. The molecule has 2 heterocycles. The predicted molar refractivity (Wildman–Crippen MR) is 108 cm³/mol. The van der Waals surface area contributed by atoms with Crippen LogP contribution in [0.4, 0.5) is 0 Å². The summed E-state index contributed by atoms with van der Waals surface area (Å²) in [6.45, 7) is 5.74. The molecular formula is C17H34IN5. The van der Waals surface area contributed by atoms with Gasteiger partial charge in [0.25, 0.3) is 0 Å². The molecule has 0 unspecified atom stereocenters. The maximum atomic E-state index is 6.24. The summed E-state index contributed by atoms with van der Waals surface area (Å²) >= 11 is 0. The van der Waals surface area contributed by atoms with Gasteiger partial charge in [0.15, 0.2) is 5.96 Å². The second-order valence-electron chi connectivity index (χ2n) is 7.59. The van der Waals surface area contributed by atoms with E-state index in [-0.39, 0.29) is 29.5 Å². The van der Waals surface area contributed by atoms with Crippen LogP contribution >= 0.6 is 24.0 Å². The number of likely N-dealkylation sites (tertiary alicyclic amines) is 2. The third-order valence-electron chi connectivity index (χ3n) is 5.94. The summed E-state index contributed by atoms with van der Waals surface area (Å²) in [5.41, 5.74) is 6.49. The third-order valence-corrected chi connectivity index (χ3v) is 5.94. The van der Waals surface area contributed by atoms with Gasteiger partial charge in [-0.05, 0) is 71.8 Å². The molecule has 0 spiro atoms. The summed E-state index contributed by atoms with van der Waals surface area (Å²) < 4.78 is 0. The highest BCUT2D eigenvalue weighted by atomic mass is 127. The number of nitrogens with two attached hydrogens (primary N) is 1. The Kier molecular flexibility index (Phi) is 6.98. The molecule has 2 aliphatic heterocycles. The van der Waals surface area contributed by atoms with Gasteiger partial charge in [-0.25, -0.2) is 0 Å². The molecule has 0 aromatic rings. The molecule has 6 heteroatoms. The maximum absolute atomic E-state index is 6.24. The summed E-state index contributed by atoms with van der Waals surface area (Å²) in [6.07, 6.45) is 9.09. The van der Waals surface area contributed by atoms with Crippen molar-refractivity contribution >= 4 is 29.9 Å². The van der Waals surface area contributed by atoms with Crippen molar-refractivity contribution in [2.45, 2.75) is 56.5 Å². The predicted octanol–water partition coefficient (Wildman–Crippen LogP) is 1.96. The number of aliphatic imine (C=N–C) groups is 1. The summed E-state index contributed by atoms with van der Waals surface area (Å²) in [7, 11) is 4.33. The summed E-state index contributed by atoms with van der Waals surface area (Å²) in [4.78, 5) is 12.2. The highest BCUT2D eigenvalue weighted by Crippen LogP contribution is 2.32. The highest BCUT2D eigenvalue weighted by Gasteiger charge is 2.39. The second kappa shape index (κ2) is 8.34. The first-order valence-corrected chi connectivity index (χ1v) is 9.07. The molecule has 0 aromatic heterocycles. The Morgan fingerprint density at radius 3 is 2.30 bits per heavy atom. The van der Waals surface area contributed by atoms with E-state index in [1.54, 1.807) is 0 Å². The monoisotopic (exact) mass is 435 g/mol. The summed E-state index contributed by atoms with van der Waals surface area (Å²) in [5, 5.41) is 0. The fourth-order valence-corrected chi connectivity index (χ4v) is 3.97. The Labute approximate surface area is 158 Å². The number of halogens is 1. The van der Waals surface area contributed by atoms with Crippen LogP contribution in [-0.4, -0.2) is 79.1 Å². The molecular weight excluding hydrogens is 401 g/mol. The van der Waals surface area contributed by atoms with E-state index in [1.807, 2.05) is 0 Å². The number of nitrogens with zero attached hydrogens (tertiary/aromatic N) is 4. The zero-order valence-corrected chi connectivity index (χ0v) is 17.2. The van der Waals surface area contributed by atoms with Gasteiger partial charge >= 0.3 is 0 Å². The van der Waals surface area contributed by atoms with Gasteiger partial charge in [-0.15, -0.1) is 24.0 Å². The minimum atomic E-state index is 0. The Balaban J connectivity index is 0.00000192. The molecule has 2 N–H and O–H groups in total. The van der Waals surface area contributed by atoms with Crippen molar-refractivity contribution in [3.8, 4) is 0 Å². The first-order valence-electron chi connectivity index (χ1n) is 9.07. The zero-order valence-electron chi connectivity index (χ0n) is 14.8. The summed E-state index contributed by atoms with van der Waals surface area (Å²) in [5.74, 6) is 0.748. The van der Waals surface area contributed by atoms with E-state index in [2.05, 4.69) is 28.8 Å². The molecule has 1 aliphatic carbocycles. The lowest BCUT2D eigenvalue weighted by molar-refractivity contribution is 0.0207. The van der Waals surface area contributed by atoms with Crippen LogP contribution < -0.4 is 5.73 Å². The van der Waals surface area contributed by atoms with Crippen LogP contribution in [0.15, 0.2) is 4.99 Å². The van der Waals surface area contributed by atoms with Crippen molar-refractivity contribution in [1.29, 1.82) is 0 Å². The molecule has 5 nitrogen and oxygen atoms in total. The van der Waals surface area contributed by atoms with Crippen molar-refractivity contribution in [2.75, 3.05) is 46.8 Å². The standard InChI is InChI=1S/C17H33N5.HI/c1-20-12-8-17(9-13-20,22-10-4-3-5-11-22)14-19-16(18)21(2)15-6-7-15;/h15H,3-14H2,1-2H3,(H2,18,19);1H.